The molecule has 4 heteroatoms. The molecule has 4 aromatic rings. The van der Waals surface area contributed by atoms with Crippen LogP contribution in [0.4, 0.5) is 0 Å². The molecule has 0 spiro atoms. The van der Waals surface area contributed by atoms with Gasteiger partial charge in [-0.25, -0.2) is 9.97 Å². The summed E-state index contributed by atoms with van der Waals surface area (Å²) in [7, 11) is 0. The van der Waals surface area contributed by atoms with Crippen molar-refractivity contribution in [2.75, 3.05) is 0 Å². The molecule has 2 aromatic carbocycles. The number of imidazole rings is 2. The lowest BCUT2D eigenvalue weighted by molar-refractivity contribution is 0.871. The maximum absolute atomic E-state index is 4.31. The van der Waals surface area contributed by atoms with E-state index in [-0.39, 0.29) is 0 Å². The van der Waals surface area contributed by atoms with Gasteiger partial charge in [-0.1, -0.05) is 50.2 Å². The maximum atomic E-state index is 4.31. The Morgan fingerprint density at radius 2 is 1.03 bits per heavy atom. The van der Waals surface area contributed by atoms with Crippen LogP contribution in [0.5, 0.6) is 0 Å². The molecule has 2 unspecified atom stereocenters. The average molecular weight is 401 g/mol. The molecule has 2 atom stereocenters. The number of hydrogen-bond acceptors (Lipinski definition) is 2. The molecule has 0 saturated heterocycles. The predicted molar refractivity (Wildman–Crippen MR) is 124 cm³/mol. The second-order valence-corrected chi connectivity index (χ2v) is 8.01. The van der Waals surface area contributed by atoms with Crippen molar-refractivity contribution >= 4 is 0 Å². The minimum atomic E-state index is 0.358. The summed E-state index contributed by atoms with van der Waals surface area (Å²) in [6.07, 6.45) is 7.40. The minimum Gasteiger partial charge on any atom is -0.351 e. The van der Waals surface area contributed by atoms with E-state index in [1.54, 1.807) is 12.7 Å². The van der Waals surface area contributed by atoms with Crippen LogP contribution in [0.25, 0.3) is 0 Å². The average Bonchev–Trinajstić information content (AvgIpc) is 3.46. The normalized spacial score (nSPS) is 12.7. The van der Waals surface area contributed by atoms with Gasteiger partial charge in [0.05, 0.1) is 24.0 Å². The van der Waals surface area contributed by atoms with Gasteiger partial charge in [-0.2, -0.15) is 0 Å². The van der Waals surface area contributed by atoms with Crippen molar-refractivity contribution < 1.29 is 0 Å². The van der Waals surface area contributed by atoms with E-state index >= 15 is 0 Å². The molecule has 2 N–H and O–H groups in total. The smallest absolute Gasteiger partial charge is 0.0923 e. The lowest BCUT2D eigenvalue weighted by Crippen LogP contribution is -2.00. The van der Waals surface area contributed by atoms with Gasteiger partial charge in [0.2, 0.25) is 0 Å². The van der Waals surface area contributed by atoms with Crippen LogP contribution in [-0.2, 0) is 0 Å². The Hall–Kier alpha value is -3.14. The molecule has 4 rings (SSSR count). The van der Waals surface area contributed by atoms with Crippen LogP contribution in [0, 0.1) is 27.7 Å². The SMILES string of the molecule is Cc1cccc(C(C)c2c[nH]cn2)c1C.Cc1cccc(C(C)c2c[nH]cn2)c1C. The Morgan fingerprint density at radius 1 is 0.633 bits per heavy atom. The summed E-state index contributed by atoms with van der Waals surface area (Å²) in [5.41, 5.74) is 10.3. The lowest BCUT2D eigenvalue weighted by Gasteiger charge is -2.14. The molecular weight excluding hydrogens is 368 g/mol. The predicted octanol–water partition coefficient (Wildman–Crippen LogP) is 6.36. The fraction of sp³-hybridized carbons (Fsp3) is 0.308. The molecule has 2 heterocycles. The second-order valence-electron chi connectivity index (χ2n) is 8.01. The van der Waals surface area contributed by atoms with Crippen molar-refractivity contribution in [3.63, 3.8) is 0 Å². The fourth-order valence-electron chi connectivity index (χ4n) is 3.82. The molecule has 4 nitrogen and oxygen atoms in total. The van der Waals surface area contributed by atoms with Gasteiger partial charge in [-0.3, -0.25) is 0 Å². The maximum Gasteiger partial charge on any atom is 0.0923 e. The molecule has 0 aliphatic rings. The van der Waals surface area contributed by atoms with E-state index in [4.69, 9.17) is 0 Å². The molecule has 0 aliphatic heterocycles. The summed E-state index contributed by atoms with van der Waals surface area (Å²) in [5.74, 6) is 0.715. The molecule has 30 heavy (non-hydrogen) atoms. The number of nitrogens with zero attached hydrogens (tertiary/aromatic N) is 2. The molecule has 0 aliphatic carbocycles. The lowest BCUT2D eigenvalue weighted by atomic mass is 9.92. The van der Waals surface area contributed by atoms with Crippen molar-refractivity contribution in [2.24, 2.45) is 0 Å². The monoisotopic (exact) mass is 400 g/mol. The number of nitrogens with one attached hydrogen (secondary N) is 2. The summed E-state index contributed by atoms with van der Waals surface area (Å²) in [6, 6.07) is 12.9. The molecule has 0 fully saturated rings. The summed E-state index contributed by atoms with van der Waals surface area (Å²) >= 11 is 0. The van der Waals surface area contributed by atoms with E-state index in [0.29, 0.717) is 11.8 Å². The summed E-state index contributed by atoms with van der Waals surface area (Å²) in [4.78, 5) is 14.6. The first-order valence-corrected chi connectivity index (χ1v) is 10.5. The zero-order valence-electron chi connectivity index (χ0n) is 18.8. The Bertz CT molecular complexity index is 975. The van der Waals surface area contributed by atoms with Crippen LogP contribution in [0.2, 0.25) is 0 Å². The van der Waals surface area contributed by atoms with Crippen LogP contribution < -0.4 is 0 Å². The zero-order valence-corrected chi connectivity index (χ0v) is 18.8. The van der Waals surface area contributed by atoms with E-state index in [1.807, 2.05) is 12.4 Å². The third kappa shape index (κ3) is 4.70. The number of benzene rings is 2. The molecule has 2 aromatic heterocycles. The molecule has 0 amide bonds. The topological polar surface area (TPSA) is 57.4 Å². The second kappa shape index (κ2) is 9.57. The zero-order chi connectivity index (χ0) is 21.7. The number of hydrogen-bond donors (Lipinski definition) is 2. The Morgan fingerprint density at radius 3 is 1.37 bits per heavy atom. The van der Waals surface area contributed by atoms with Crippen LogP contribution >= 0.6 is 0 Å². The number of H-pyrrole nitrogens is 2. The standard InChI is InChI=1S/2C13H16N2/c2*1-9-5-4-6-12(10(9)2)11(3)13-7-14-8-15-13/h2*4-8,11H,1-3H3,(H,14,15). The van der Waals surface area contributed by atoms with Crippen molar-refractivity contribution in [3.8, 4) is 0 Å². The summed E-state index contributed by atoms with van der Waals surface area (Å²) < 4.78 is 0. The number of aromatic amines is 2. The number of aromatic nitrogens is 4. The van der Waals surface area contributed by atoms with Crippen LogP contribution in [0.15, 0.2) is 61.4 Å². The first-order valence-electron chi connectivity index (χ1n) is 10.5. The molecular formula is C26H32N4. The van der Waals surface area contributed by atoms with Gasteiger partial charge in [-0.15, -0.1) is 0 Å². The van der Waals surface area contributed by atoms with E-state index in [9.17, 15) is 0 Å². The van der Waals surface area contributed by atoms with E-state index in [2.05, 4.69) is 97.9 Å². The first-order chi connectivity index (χ1) is 14.4. The van der Waals surface area contributed by atoms with Crippen molar-refractivity contribution in [1.82, 2.24) is 19.9 Å². The van der Waals surface area contributed by atoms with Crippen LogP contribution in [0.3, 0.4) is 0 Å². The Labute approximate surface area is 179 Å². The van der Waals surface area contributed by atoms with E-state index in [0.717, 1.165) is 11.4 Å². The van der Waals surface area contributed by atoms with Crippen LogP contribution in [-0.4, -0.2) is 19.9 Å². The molecule has 0 bridgehead atoms. The van der Waals surface area contributed by atoms with Crippen molar-refractivity contribution in [2.45, 2.75) is 53.4 Å². The van der Waals surface area contributed by atoms with Gasteiger partial charge in [0.15, 0.2) is 0 Å². The Kier molecular flexibility index (Phi) is 6.88. The highest BCUT2D eigenvalue weighted by molar-refractivity contribution is 5.39. The van der Waals surface area contributed by atoms with E-state index < -0.39 is 0 Å². The third-order valence-electron chi connectivity index (χ3n) is 6.15. The Balaban J connectivity index is 0.000000171. The third-order valence-corrected chi connectivity index (χ3v) is 6.15. The highest BCUT2D eigenvalue weighted by Crippen LogP contribution is 2.27. The molecule has 0 radical (unpaired) electrons. The van der Waals surface area contributed by atoms with Gasteiger partial charge < -0.3 is 9.97 Å². The number of rotatable bonds is 4. The van der Waals surface area contributed by atoms with Crippen molar-refractivity contribution in [3.05, 3.63) is 106 Å². The van der Waals surface area contributed by atoms with Gasteiger partial charge in [0.1, 0.15) is 0 Å². The highest BCUT2D eigenvalue weighted by atomic mass is 14.9. The van der Waals surface area contributed by atoms with Gasteiger partial charge in [0.25, 0.3) is 0 Å². The summed E-state index contributed by atoms with van der Waals surface area (Å²) in [6.45, 7) is 13.0. The fourth-order valence-corrected chi connectivity index (χ4v) is 3.82. The van der Waals surface area contributed by atoms with Gasteiger partial charge in [-0.05, 0) is 61.1 Å². The van der Waals surface area contributed by atoms with Gasteiger partial charge >= 0.3 is 0 Å². The quantitative estimate of drug-likeness (QED) is 0.419. The summed E-state index contributed by atoms with van der Waals surface area (Å²) in [5, 5.41) is 0. The molecule has 0 saturated carbocycles. The highest BCUT2D eigenvalue weighted by Gasteiger charge is 2.14. The van der Waals surface area contributed by atoms with Gasteiger partial charge in [0, 0.05) is 24.2 Å². The number of aryl methyl sites for hydroxylation is 2. The largest absolute Gasteiger partial charge is 0.351 e. The first kappa shape index (κ1) is 21.6. The van der Waals surface area contributed by atoms with Crippen LogP contribution in [0.1, 0.15) is 70.5 Å². The minimum absolute atomic E-state index is 0.358. The van der Waals surface area contributed by atoms with Crippen molar-refractivity contribution in [1.29, 1.82) is 0 Å². The van der Waals surface area contributed by atoms with E-state index in [1.165, 1.54) is 33.4 Å². The molecule has 156 valence electrons.